The van der Waals surface area contributed by atoms with Gasteiger partial charge in [-0.3, -0.25) is 9.59 Å². The van der Waals surface area contributed by atoms with Gasteiger partial charge in [-0.05, 0) is 31.4 Å². The van der Waals surface area contributed by atoms with E-state index in [1.807, 2.05) is 23.1 Å². The number of hydrogen-bond acceptors (Lipinski definition) is 2. The van der Waals surface area contributed by atoms with Crippen LogP contribution < -0.4 is 10.1 Å². The van der Waals surface area contributed by atoms with Crippen LogP contribution in [0.2, 0.25) is 0 Å². The van der Waals surface area contributed by atoms with Crippen molar-refractivity contribution in [2.45, 2.75) is 25.8 Å². The van der Waals surface area contributed by atoms with Crippen molar-refractivity contribution in [3.8, 4) is 0 Å². The summed E-state index contributed by atoms with van der Waals surface area (Å²) in [5.41, 5.74) is 0.692. The van der Waals surface area contributed by atoms with Crippen LogP contribution in [0.4, 0.5) is 0 Å². The highest BCUT2D eigenvalue weighted by atomic mass is 16.2. The molecule has 1 aromatic carbocycles. The summed E-state index contributed by atoms with van der Waals surface area (Å²) in [6.07, 6.45) is 4.81. The van der Waals surface area contributed by atoms with Crippen LogP contribution in [0.5, 0.6) is 0 Å². The van der Waals surface area contributed by atoms with Crippen molar-refractivity contribution in [1.82, 2.24) is 10.00 Å². The van der Waals surface area contributed by atoms with Crippen LogP contribution in [0.25, 0.3) is 10.9 Å². The Bertz CT molecular complexity index is 687. The Hall–Kier alpha value is -2.17. The zero-order valence-electron chi connectivity index (χ0n) is 11.3. The number of fused-ring (bicyclic) bond motifs is 1. The van der Waals surface area contributed by atoms with E-state index in [4.69, 9.17) is 0 Å². The highest BCUT2D eigenvalue weighted by Crippen LogP contribution is 2.08. The molecule has 1 fully saturated rings. The van der Waals surface area contributed by atoms with Crippen LogP contribution >= 0.6 is 0 Å². The fourth-order valence-corrected chi connectivity index (χ4v) is 2.67. The number of nitrogens with one attached hydrogen (secondary N) is 1. The highest BCUT2D eigenvalue weighted by Gasteiger charge is 2.21. The summed E-state index contributed by atoms with van der Waals surface area (Å²) in [6.45, 7) is 1.86. The number of rotatable bonds is 2. The zero-order chi connectivity index (χ0) is 13.9. The largest absolute Gasteiger partial charge is 0.337 e. The van der Waals surface area contributed by atoms with Gasteiger partial charge in [0.25, 0.3) is 11.3 Å². The van der Waals surface area contributed by atoms with E-state index in [1.165, 1.54) is 12.6 Å². The van der Waals surface area contributed by atoms with Crippen molar-refractivity contribution in [3.63, 3.8) is 0 Å². The Morgan fingerprint density at radius 2 is 1.95 bits per heavy atom. The van der Waals surface area contributed by atoms with E-state index in [1.54, 1.807) is 10.7 Å². The van der Waals surface area contributed by atoms with Gasteiger partial charge in [0, 0.05) is 13.1 Å². The Balaban J connectivity index is 1.83. The number of nitrogens with zero attached hydrogens (tertiary/aromatic N) is 2. The van der Waals surface area contributed by atoms with Gasteiger partial charge in [0.1, 0.15) is 5.52 Å². The number of likely N-dealkylation sites (tertiary alicyclic amines) is 1. The molecule has 104 valence electrons. The molecule has 0 atom stereocenters. The molecule has 1 aliphatic heterocycles. The number of amides is 1. The van der Waals surface area contributed by atoms with E-state index >= 15 is 0 Å². The number of aromatic amines is 1. The van der Waals surface area contributed by atoms with Gasteiger partial charge in [0.2, 0.25) is 12.7 Å². The van der Waals surface area contributed by atoms with Crippen molar-refractivity contribution in [3.05, 3.63) is 40.7 Å². The standard InChI is InChI=1S/C15H17N3O2/c19-14-10-18(16-13-7-3-2-6-12(13)14)11-15(20)17-8-4-1-5-9-17/h2-3,6-7,10H,1,4-5,8-9,11H2/p+1. The van der Waals surface area contributed by atoms with E-state index in [9.17, 15) is 9.59 Å². The lowest BCUT2D eigenvalue weighted by Gasteiger charge is -2.25. The van der Waals surface area contributed by atoms with Crippen molar-refractivity contribution in [2.24, 2.45) is 0 Å². The van der Waals surface area contributed by atoms with Crippen LogP contribution in [0.15, 0.2) is 35.3 Å². The lowest BCUT2D eigenvalue weighted by Crippen LogP contribution is -2.49. The molecule has 2 heterocycles. The maximum absolute atomic E-state index is 12.2. The summed E-state index contributed by atoms with van der Waals surface area (Å²) >= 11 is 0. The minimum absolute atomic E-state index is 0.0641. The van der Waals surface area contributed by atoms with Gasteiger partial charge in [0.05, 0.1) is 5.39 Å². The second kappa shape index (κ2) is 5.45. The number of benzene rings is 1. The fraction of sp³-hybridized carbons (Fsp3) is 0.400. The van der Waals surface area contributed by atoms with E-state index in [-0.39, 0.29) is 17.9 Å². The number of para-hydroxylation sites is 1. The molecular formula is C15H18N3O2+. The lowest BCUT2D eigenvalue weighted by atomic mass is 10.1. The van der Waals surface area contributed by atoms with E-state index in [2.05, 4.69) is 5.10 Å². The monoisotopic (exact) mass is 272 g/mol. The number of hydrogen-bond donors (Lipinski definition) is 1. The molecule has 1 saturated heterocycles. The molecule has 1 amide bonds. The first-order valence-corrected chi connectivity index (χ1v) is 7.03. The van der Waals surface area contributed by atoms with Gasteiger partial charge in [0.15, 0.2) is 0 Å². The summed E-state index contributed by atoms with van der Waals surface area (Å²) in [5, 5.41) is 3.75. The minimum atomic E-state index is -0.0641. The van der Waals surface area contributed by atoms with Gasteiger partial charge in [-0.25, -0.2) is 0 Å². The summed E-state index contributed by atoms with van der Waals surface area (Å²) in [5.74, 6) is 0.0700. The molecule has 5 heteroatoms. The summed E-state index contributed by atoms with van der Waals surface area (Å²) < 4.78 is 1.58. The molecule has 1 aliphatic rings. The van der Waals surface area contributed by atoms with Gasteiger partial charge in [-0.2, -0.15) is 5.10 Å². The number of piperidine rings is 1. The Labute approximate surface area is 116 Å². The molecule has 0 unspecified atom stereocenters. The minimum Gasteiger partial charge on any atom is -0.337 e. The molecule has 3 rings (SSSR count). The highest BCUT2D eigenvalue weighted by molar-refractivity contribution is 5.77. The van der Waals surface area contributed by atoms with E-state index in [0.717, 1.165) is 31.4 Å². The third-order valence-corrected chi connectivity index (χ3v) is 3.74. The van der Waals surface area contributed by atoms with Crippen LogP contribution in [0, 0.1) is 0 Å². The fourth-order valence-electron chi connectivity index (χ4n) is 2.67. The van der Waals surface area contributed by atoms with Gasteiger partial charge >= 0.3 is 0 Å². The molecule has 0 saturated carbocycles. The average molecular weight is 272 g/mol. The topological polar surface area (TPSA) is 57.0 Å². The van der Waals surface area contributed by atoms with E-state index in [0.29, 0.717) is 5.39 Å². The molecule has 0 radical (unpaired) electrons. The molecular weight excluding hydrogens is 254 g/mol. The van der Waals surface area contributed by atoms with Crippen molar-refractivity contribution >= 4 is 16.8 Å². The molecule has 0 spiro atoms. The third-order valence-electron chi connectivity index (χ3n) is 3.74. The maximum atomic E-state index is 12.2. The Morgan fingerprint density at radius 1 is 1.20 bits per heavy atom. The first-order chi connectivity index (χ1) is 9.74. The Morgan fingerprint density at radius 3 is 2.75 bits per heavy atom. The van der Waals surface area contributed by atoms with Crippen LogP contribution in [0.3, 0.4) is 0 Å². The summed E-state index contributed by atoms with van der Waals surface area (Å²) in [7, 11) is 0. The second-order valence-electron chi connectivity index (χ2n) is 5.22. The quantitative estimate of drug-likeness (QED) is 0.823. The van der Waals surface area contributed by atoms with E-state index < -0.39 is 0 Å². The average Bonchev–Trinajstić information content (AvgIpc) is 2.48. The van der Waals surface area contributed by atoms with Crippen LogP contribution in [0.1, 0.15) is 19.3 Å². The smallest absolute Gasteiger partial charge is 0.290 e. The number of H-pyrrole nitrogens is 1. The lowest BCUT2D eigenvalue weighted by molar-refractivity contribution is -0.741. The normalized spacial score (nSPS) is 15.5. The number of aromatic nitrogens is 2. The Kier molecular flexibility index (Phi) is 3.50. The van der Waals surface area contributed by atoms with Gasteiger partial charge < -0.3 is 4.90 Å². The van der Waals surface area contributed by atoms with Crippen molar-refractivity contribution in [2.75, 3.05) is 13.1 Å². The molecule has 1 aromatic heterocycles. The molecule has 2 aromatic rings. The van der Waals surface area contributed by atoms with Crippen molar-refractivity contribution in [1.29, 1.82) is 0 Å². The van der Waals surface area contributed by atoms with Crippen LogP contribution in [-0.2, 0) is 11.3 Å². The van der Waals surface area contributed by atoms with Gasteiger partial charge in [-0.1, -0.05) is 12.1 Å². The number of carbonyl (C=O) groups excluding carboxylic acids is 1. The van der Waals surface area contributed by atoms with Crippen LogP contribution in [-0.4, -0.2) is 29.0 Å². The summed E-state index contributed by atoms with van der Waals surface area (Å²) in [6, 6.07) is 7.33. The third kappa shape index (κ3) is 2.57. The SMILES string of the molecule is O=C(C[n+]1cc(=O)c2ccccc2[nH]1)N1CCCCC1. The number of carbonyl (C=O) groups is 1. The predicted octanol–water partition coefficient (Wildman–Crippen LogP) is 0.828. The first kappa shape index (κ1) is 12.8. The van der Waals surface area contributed by atoms with Crippen molar-refractivity contribution < 1.29 is 9.48 Å². The molecule has 20 heavy (non-hydrogen) atoms. The molecule has 0 bridgehead atoms. The predicted molar refractivity (Wildman–Crippen MR) is 75.2 cm³/mol. The first-order valence-electron chi connectivity index (χ1n) is 7.03. The molecule has 1 N–H and O–H groups in total. The second-order valence-corrected chi connectivity index (χ2v) is 5.22. The summed E-state index contributed by atoms with van der Waals surface area (Å²) in [4.78, 5) is 26.1. The molecule has 0 aliphatic carbocycles. The molecule has 5 nitrogen and oxygen atoms in total. The maximum Gasteiger partial charge on any atom is 0.290 e. The zero-order valence-corrected chi connectivity index (χ0v) is 11.3. The van der Waals surface area contributed by atoms with Gasteiger partial charge in [-0.15, -0.1) is 4.68 Å².